The largest absolute Gasteiger partial charge is 0.399 e. The van der Waals surface area contributed by atoms with Gasteiger partial charge in [0.1, 0.15) is 13.2 Å². The molecule has 0 unspecified atom stereocenters. The molecule has 2 heterocycles. The summed E-state index contributed by atoms with van der Waals surface area (Å²) in [5.41, 5.74) is 9.84. The van der Waals surface area contributed by atoms with E-state index >= 15 is 0 Å². The van der Waals surface area contributed by atoms with Gasteiger partial charge in [0.05, 0.1) is 12.3 Å². The second kappa shape index (κ2) is 6.37. The van der Waals surface area contributed by atoms with E-state index in [0.717, 1.165) is 17.9 Å². The zero-order valence-corrected chi connectivity index (χ0v) is 15.0. The molecule has 1 aliphatic heterocycles. The molecule has 1 atom stereocenters. The highest BCUT2D eigenvalue weighted by Crippen LogP contribution is 2.34. The molecular weight excluding hydrogens is 328 g/mol. The summed E-state index contributed by atoms with van der Waals surface area (Å²) in [5, 5.41) is 6.42. The molecule has 1 aromatic heterocycles. The van der Waals surface area contributed by atoms with E-state index in [1.54, 1.807) is 0 Å². The Morgan fingerprint density at radius 2 is 2.00 bits per heavy atom. The average Bonchev–Trinajstić information content (AvgIpc) is 3.21. The number of aromatic nitrogens is 1. The van der Waals surface area contributed by atoms with Crippen LogP contribution in [0.25, 0.3) is 21.8 Å². The number of carbonyl (C=O) groups is 1. The van der Waals surface area contributed by atoms with Crippen molar-refractivity contribution < 1.29 is 9.63 Å². The molecule has 2 N–H and O–H groups in total. The van der Waals surface area contributed by atoms with Gasteiger partial charge in [0.2, 0.25) is 5.91 Å². The number of nitrogens with two attached hydrogens (primary N) is 1. The zero-order chi connectivity index (χ0) is 18.3. The number of aryl methyl sites for hydroxylation is 1. The summed E-state index contributed by atoms with van der Waals surface area (Å²) in [6.45, 7) is 3.60. The van der Waals surface area contributed by atoms with Crippen molar-refractivity contribution in [3.05, 3.63) is 42.5 Å². The monoisotopic (exact) mass is 350 g/mol. The Hall–Kier alpha value is -3.02. The van der Waals surface area contributed by atoms with Crippen LogP contribution in [0.1, 0.15) is 13.3 Å². The van der Waals surface area contributed by atoms with Crippen LogP contribution in [0, 0.1) is 0 Å². The van der Waals surface area contributed by atoms with Crippen LogP contribution in [0.5, 0.6) is 0 Å². The highest BCUT2D eigenvalue weighted by atomic mass is 16.6. The first-order valence-corrected chi connectivity index (χ1v) is 8.80. The normalized spacial score (nSPS) is 18.9. The fourth-order valence-electron chi connectivity index (χ4n) is 3.99. The molecule has 1 fully saturated rings. The van der Waals surface area contributed by atoms with Crippen molar-refractivity contribution in [3.63, 3.8) is 0 Å². The van der Waals surface area contributed by atoms with Crippen molar-refractivity contribution in [2.24, 2.45) is 10.9 Å². The molecule has 6 heteroatoms. The number of oxime groups is 1. The van der Waals surface area contributed by atoms with E-state index in [-0.39, 0.29) is 5.91 Å². The van der Waals surface area contributed by atoms with Crippen LogP contribution in [0.3, 0.4) is 0 Å². The highest BCUT2D eigenvalue weighted by molar-refractivity contribution is 6.10. The summed E-state index contributed by atoms with van der Waals surface area (Å²) in [5.74, 6) is -0.345. The van der Waals surface area contributed by atoms with Gasteiger partial charge in [0.15, 0.2) is 0 Å². The van der Waals surface area contributed by atoms with Crippen LogP contribution < -0.4 is 10.6 Å². The first-order chi connectivity index (χ1) is 12.6. The van der Waals surface area contributed by atoms with Crippen LogP contribution >= 0.6 is 0 Å². The number of rotatable bonds is 4. The van der Waals surface area contributed by atoms with Crippen LogP contribution in [-0.2, 0) is 16.2 Å². The molecule has 0 saturated carbocycles. The third kappa shape index (κ3) is 2.49. The van der Waals surface area contributed by atoms with Gasteiger partial charge in [0, 0.05) is 40.5 Å². The van der Waals surface area contributed by atoms with Gasteiger partial charge < -0.3 is 20.0 Å². The molecule has 0 bridgehead atoms. The molecule has 0 spiro atoms. The molecular formula is C20H22N4O2. The molecule has 0 radical (unpaired) electrons. The fraction of sp³-hybridized carbons (Fsp3) is 0.300. The third-order valence-corrected chi connectivity index (χ3v) is 5.11. The Morgan fingerprint density at radius 1 is 1.23 bits per heavy atom. The van der Waals surface area contributed by atoms with Crippen LogP contribution in [0.2, 0.25) is 0 Å². The predicted molar refractivity (Wildman–Crippen MR) is 105 cm³/mol. The van der Waals surface area contributed by atoms with E-state index in [1.165, 1.54) is 28.9 Å². The maximum Gasteiger partial charge on any atom is 0.240 e. The van der Waals surface area contributed by atoms with E-state index in [0.29, 0.717) is 13.0 Å². The molecule has 6 nitrogen and oxygen atoms in total. The van der Waals surface area contributed by atoms with Crippen molar-refractivity contribution in [2.45, 2.75) is 25.9 Å². The Morgan fingerprint density at radius 3 is 2.73 bits per heavy atom. The van der Waals surface area contributed by atoms with Crippen LogP contribution in [0.15, 0.2) is 47.6 Å². The molecule has 2 aromatic carbocycles. The highest BCUT2D eigenvalue weighted by Gasteiger charge is 2.34. The minimum atomic E-state index is -0.402. The summed E-state index contributed by atoms with van der Waals surface area (Å²) < 4.78 is 2.31. The molecule has 1 aliphatic rings. The lowest BCUT2D eigenvalue weighted by atomic mass is 10.1. The minimum Gasteiger partial charge on any atom is -0.399 e. The fourth-order valence-corrected chi connectivity index (χ4v) is 3.99. The summed E-state index contributed by atoms with van der Waals surface area (Å²) >= 11 is 0. The van der Waals surface area contributed by atoms with E-state index in [4.69, 9.17) is 10.6 Å². The quantitative estimate of drug-likeness (QED) is 0.735. The molecule has 4 rings (SSSR count). The van der Waals surface area contributed by atoms with Gasteiger partial charge in [-0.05, 0) is 31.2 Å². The van der Waals surface area contributed by atoms with Gasteiger partial charge in [-0.25, -0.2) is 0 Å². The number of primary amides is 1. The number of hydrogen-bond donors (Lipinski definition) is 1. The Labute approximate surface area is 151 Å². The first kappa shape index (κ1) is 16.4. The van der Waals surface area contributed by atoms with E-state index in [2.05, 4.69) is 59.1 Å². The van der Waals surface area contributed by atoms with Gasteiger partial charge in [0.25, 0.3) is 0 Å². The number of nitrogens with zero attached hydrogens (tertiary/aromatic N) is 3. The second-order valence-electron chi connectivity index (χ2n) is 6.55. The Bertz CT molecular complexity index is 1020. The SMILES string of the molecule is CCn1c2ccccc2c2cc(N3C/C(=N\OC)C[C@H]3C(N)=O)ccc21. The lowest BCUT2D eigenvalue weighted by molar-refractivity contribution is -0.118. The lowest BCUT2D eigenvalue weighted by Crippen LogP contribution is -2.40. The maximum absolute atomic E-state index is 11.9. The van der Waals surface area contributed by atoms with Crippen molar-refractivity contribution in [1.82, 2.24) is 4.57 Å². The van der Waals surface area contributed by atoms with Gasteiger partial charge in [-0.3, -0.25) is 4.79 Å². The van der Waals surface area contributed by atoms with Gasteiger partial charge in [-0.15, -0.1) is 0 Å². The number of para-hydroxylation sites is 1. The Kier molecular flexibility index (Phi) is 4.03. The minimum absolute atomic E-state index is 0.345. The van der Waals surface area contributed by atoms with Crippen molar-refractivity contribution in [3.8, 4) is 0 Å². The smallest absolute Gasteiger partial charge is 0.240 e. The van der Waals surface area contributed by atoms with Gasteiger partial charge in [-0.1, -0.05) is 23.4 Å². The topological polar surface area (TPSA) is 72.8 Å². The van der Waals surface area contributed by atoms with Crippen molar-refractivity contribution in [2.75, 3.05) is 18.6 Å². The van der Waals surface area contributed by atoms with Gasteiger partial charge >= 0.3 is 0 Å². The van der Waals surface area contributed by atoms with Crippen LogP contribution in [0.4, 0.5) is 5.69 Å². The first-order valence-electron chi connectivity index (χ1n) is 8.80. The predicted octanol–water partition coefficient (Wildman–Crippen LogP) is 2.88. The second-order valence-corrected chi connectivity index (χ2v) is 6.55. The van der Waals surface area contributed by atoms with E-state index < -0.39 is 6.04 Å². The summed E-state index contributed by atoms with van der Waals surface area (Å²) in [6.07, 6.45) is 0.498. The number of benzene rings is 2. The number of anilines is 1. The molecule has 3 aromatic rings. The lowest BCUT2D eigenvalue weighted by Gasteiger charge is -2.23. The molecule has 1 amide bonds. The number of fused-ring (bicyclic) bond motifs is 3. The number of amides is 1. The average molecular weight is 350 g/mol. The zero-order valence-electron chi connectivity index (χ0n) is 15.0. The number of carbonyl (C=O) groups excluding carboxylic acids is 1. The molecule has 1 saturated heterocycles. The van der Waals surface area contributed by atoms with Crippen LogP contribution in [-0.4, -0.2) is 35.9 Å². The summed E-state index contributed by atoms with van der Waals surface area (Å²) in [4.78, 5) is 18.8. The molecule has 134 valence electrons. The molecule has 26 heavy (non-hydrogen) atoms. The maximum atomic E-state index is 11.9. The standard InChI is InChI=1S/C20H22N4O2/c1-3-23-17-7-5-4-6-15(17)16-11-14(8-9-18(16)23)24-12-13(22-26-2)10-19(24)20(21)25/h4-9,11,19H,3,10,12H2,1-2H3,(H2,21,25)/b22-13-/t19-/m0/s1. The Balaban J connectivity index is 1.86. The van der Waals surface area contributed by atoms with E-state index in [1.807, 2.05) is 4.90 Å². The number of hydrogen-bond acceptors (Lipinski definition) is 4. The van der Waals surface area contributed by atoms with Crippen molar-refractivity contribution in [1.29, 1.82) is 0 Å². The van der Waals surface area contributed by atoms with Crippen molar-refractivity contribution >= 4 is 39.1 Å². The van der Waals surface area contributed by atoms with Gasteiger partial charge in [-0.2, -0.15) is 0 Å². The summed E-state index contributed by atoms with van der Waals surface area (Å²) in [6, 6.07) is 14.3. The summed E-state index contributed by atoms with van der Waals surface area (Å²) in [7, 11) is 1.51. The third-order valence-electron chi connectivity index (χ3n) is 5.11. The van der Waals surface area contributed by atoms with E-state index in [9.17, 15) is 4.79 Å². The molecule has 0 aliphatic carbocycles.